The molecule has 31 heavy (non-hydrogen) atoms. The first-order valence-electron chi connectivity index (χ1n) is 10.1. The van der Waals surface area contributed by atoms with Crippen LogP contribution in [-0.4, -0.2) is 41.2 Å². The molecule has 1 saturated heterocycles. The third kappa shape index (κ3) is 4.02. The number of benzene rings is 3. The van der Waals surface area contributed by atoms with Crippen LogP contribution < -0.4 is 10.1 Å². The van der Waals surface area contributed by atoms with Gasteiger partial charge in [-0.3, -0.25) is 9.69 Å². The second-order valence-corrected chi connectivity index (χ2v) is 7.61. The molecule has 0 spiro atoms. The Morgan fingerprint density at radius 2 is 1.45 bits per heavy atom. The molecule has 6 nitrogen and oxygen atoms in total. The first kappa shape index (κ1) is 20.6. The topological polar surface area (TPSA) is 78.9 Å². The molecule has 1 fully saturated rings. The monoisotopic (exact) mass is 416 g/mol. The van der Waals surface area contributed by atoms with Crippen molar-refractivity contribution in [3.05, 3.63) is 102 Å². The van der Waals surface area contributed by atoms with Crippen LogP contribution in [0.2, 0.25) is 0 Å². The van der Waals surface area contributed by atoms with Crippen molar-refractivity contribution >= 4 is 11.9 Å². The van der Waals surface area contributed by atoms with E-state index in [0.29, 0.717) is 16.9 Å². The highest BCUT2D eigenvalue weighted by Crippen LogP contribution is 2.36. The minimum atomic E-state index is -1.34. The number of aryl methyl sites for hydroxylation is 1. The molecule has 1 aliphatic heterocycles. The molecule has 3 aromatic carbocycles. The number of ether oxygens (including phenoxy) is 1. The van der Waals surface area contributed by atoms with Gasteiger partial charge in [-0.05, 0) is 30.2 Å². The first-order chi connectivity index (χ1) is 15.0. The van der Waals surface area contributed by atoms with Gasteiger partial charge in [-0.15, -0.1) is 0 Å². The number of nitrogens with one attached hydrogen (secondary N) is 1. The summed E-state index contributed by atoms with van der Waals surface area (Å²) in [7, 11) is 0. The van der Waals surface area contributed by atoms with E-state index in [1.54, 1.807) is 0 Å². The summed E-state index contributed by atoms with van der Waals surface area (Å²) >= 11 is 0. The fraction of sp³-hybridized carbons (Fsp3) is 0.200. The number of hydrogen-bond donors (Lipinski definition) is 2. The van der Waals surface area contributed by atoms with Crippen molar-refractivity contribution in [2.24, 2.45) is 0 Å². The molecule has 3 amide bonds. The lowest BCUT2D eigenvalue weighted by molar-refractivity contribution is -0.131. The van der Waals surface area contributed by atoms with Crippen LogP contribution in [0.5, 0.6) is 5.75 Å². The molecular weight excluding hydrogens is 392 g/mol. The Morgan fingerprint density at radius 1 is 0.903 bits per heavy atom. The van der Waals surface area contributed by atoms with Crippen LogP contribution in [-0.2, 0) is 10.3 Å². The summed E-state index contributed by atoms with van der Waals surface area (Å²) in [6.07, 6.45) is -1.03. The molecule has 0 aromatic heterocycles. The smallest absolute Gasteiger partial charge is 0.325 e. The van der Waals surface area contributed by atoms with Crippen molar-refractivity contribution in [3.63, 3.8) is 0 Å². The van der Waals surface area contributed by atoms with Gasteiger partial charge in [0.25, 0.3) is 5.91 Å². The van der Waals surface area contributed by atoms with Crippen LogP contribution in [0, 0.1) is 6.92 Å². The lowest BCUT2D eigenvalue weighted by atomic mass is 9.82. The summed E-state index contributed by atoms with van der Waals surface area (Å²) in [4.78, 5) is 27.5. The molecule has 1 aliphatic rings. The van der Waals surface area contributed by atoms with E-state index in [1.807, 2.05) is 91.9 Å². The minimum Gasteiger partial charge on any atom is -0.491 e. The van der Waals surface area contributed by atoms with Crippen molar-refractivity contribution in [1.82, 2.24) is 10.2 Å². The average molecular weight is 416 g/mol. The zero-order chi connectivity index (χ0) is 21.8. The maximum atomic E-state index is 13.6. The van der Waals surface area contributed by atoms with Crippen molar-refractivity contribution < 1.29 is 19.4 Å². The van der Waals surface area contributed by atoms with Gasteiger partial charge < -0.3 is 15.2 Å². The lowest BCUT2D eigenvalue weighted by Gasteiger charge is -2.28. The highest BCUT2D eigenvalue weighted by molar-refractivity contribution is 6.09. The number of amides is 3. The van der Waals surface area contributed by atoms with Crippen molar-refractivity contribution in [1.29, 1.82) is 0 Å². The van der Waals surface area contributed by atoms with Crippen LogP contribution in [0.4, 0.5) is 4.79 Å². The molecular formula is C25H24N2O4. The highest BCUT2D eigenvalue weighted by atomic mass is 16.5. The normalized spacial score (nSPS) is 16.1. The van der Waals surface area contributed by atoms with Gasteiger partial charge in [0, 0.05) is 0 Å². The van der Waals surface area contributed by atoms with Crippen LogP contribution in [0.1, 0.15) is 16.7 Å². The first-order valence-corrected chi connectivity index (χ1v) is 10.1. The second-order valence-electron chi connectivity index (χ2n) is 7.61. The fourth-order valence-corrected chi connectivity index (χ4v) is 3.77. The van der Waals surface area contributed by atoms with Gasteiger partial charge in [0.1, 0.15) is 18.5 Å². The van der Waals surface area contributed by atoms with E-state index < -0.39 is 23.6 Å². The average Bonchev–Trinajstić information content (AvgIpc) is 3.05. The van der Waals surface area contributed by atoms with Gasteiger partial charge in [0.05, 0.1) is 6.54 Å². The molecule has 6 heteroatoms. The summed E-state index contributed by atoms with van der Waals surface area (Å²) in [5.41, 5.74) is 1.09. The number of imide groups is 1. The minimum absolute atomic E-state index is 0.0379. The second kappa shape index (κ2) is 8.62. The standard InChI is InChI=1S/C25H24N2O4/c1-18-12-14-22(15-13-18)31-17-21(28)16-27-23(29)25(26-24(27)30,19-8-4-2-5-9-19)20-10-6-3-7-11-20/h2-15,21,28H,16-17H2,1H3,(H,26,30)/t21-/m0/s1. The van der Waals surface area contributed by atoms with E-state index in [4.69, 9.17) is 4.74 Å². The largest absolute Gasteiger partial charge is 0.491 e. The molecule has 3 aromatic rings. The molecule has 0 aliphatic carbocycles. The van der Waals surface area contributed by atoms with Crippen LogP contribution >= 0.6 is 0 Å². The molecule has 1 heterocycles. The van der Waals surface area contributed by atoms with Crippen LogP contribution in [0.3, 0.4) is 0 Å². The number of aliphatic hydroxyl groups excluding tert-OH is 1. The van der Waals surface area contributed by atoms with Crippen LogP contribution in [0.25, 0.3) is 0 Å². The number of aliphatic hydroxyl groups is 1. The lowest BCUT2D eigenvalue weighted by Crippen LogP contribution is -2.46. The molecule has 1 atom stereocenters. The molecule has 4 rings (SSSR count). The Hall–Kier alpha value is -3.64. The maximum absolute atomic E-state index is 13.6. The highest BCUT2D eigenvalue weighted by Gasteiger charge is 2.53. The van der Waals surface area contributed by atoms with E-state index in [0.717, 1.165) is 10.5 Å². The molecule has 158 valence electrons. The summed E-state index contributed by atoms with van der Waals surface area (Å²) in [6, 6.07) is 25.1. The number of hydrogen-bond acceptors (Lipinski definition) is 4. The number of rotatable bonds is 7. The summed E-state index contributed by atoms with van der Waals surface area (Å²) in [5, 5.41) is 13.3. The molecule has 0 bridgehead atoms. The van der Waals surface area contributed by atoms with E-state index >= 15 is 0 Å². The van der Waals surface area contributed by atoms with Gasteiger partial charge in [-0.1, -0.05) is 78.4 Å². The van der Waals surface area contributed by atoms with E-state index in [9.17, 15) is 14.7 Å². The third-order valence-electron chi connectivity index (χ3n) is 5.38. The fourth-order valence-electron chi connectivity index (χ4n) is 3.77. The Labute approximate surface area is 181 Å². The molecule has 0 radical (unpaired) electrons. The molecule has 0 unspecified atom stereocenters. The van der Waals surface area contributed by atoms with Crippen molar-refractivity contribution in [2.75, 3.05) is 13.2 Å². The Balaban J connectivity index is 1.55. The Kier molecular flexibility index (Phi) is 5.73. The number of urea groups is 1. The Bertz CT molecular complexity index is 1010. The van der Waals surface area contributed by atoms with Crippen molar-refractivity contribution in [3.8, 4) is 5.75 Å². The quantitative estimate of drug-likeness (QED) is 0.580. The summed E-state index contributed by atoms with van der Waals surface area (Å²) in [5.74, 6) is 0.189. The predicted molar refractivity (Wildman–Crippen MR) is 117 cm³/mol. The summed E-state index contributed by atoms with van der Waals surface area (Å²) in [6.45, 7) is 1.77. The van der Waals surface area contributed by atoms with Crippen molar-refractivity contribution in [2.45, 2.75) is 18.6 Å². The van der Waals surface area contributed by atoms with Gasteiger partial charge in [-0.25, -0.2) is 4.79 Å². The molecule has 0 saturated carbocycles. The van der Waals surface area contributed by atoms with E-state index in [2.05, 4.69) is 5.32 Å². The zero-order valence-corrected chi connectivity index (χ0v) is 17.2. The third-order valence-corrected chi connectivity index (χ3v) is 5.38. The zero-order valence-electron chi connectivity index (χ0n) is 17.2. The number of nitrogens with zero attached hydrogens (tertiary/aromatic N) is 1. The summed E-state index contributed by atoms with van der Waals surface area (Å²) < 4.78 is 5.61. The van der Waals surface area contributed by atoms with Gasteiger partial charge in [0.2, 0.25) is 0 Å². The maximum Gasteiger partial charge on any atom is 0.325 e. The van der Waals surface area contributed by atoms with Gasteiger partial charge in [-0.2, -0.15) is 0 Å². The number of carbonyl (C=O) groups excluding carboxylic acids is 2. The van der Waals surface area contributed by atoms with Crippen LogP contribution in [0.15, 0.2) is 84.9 Å². The van der Waals surface area contributed by atoms with Gasteiger partial charge in [0.15, 0.2) is 5.54 Å². The van der Waals surface area contributed by atoms with Gasteiger partial charge >= 0.3 is 6.03 Å². The number of carbonyl (C=O) groups is 2. The molecule has 2 N–H and O–H groups in total. The Morgan fingerprint density at radius 3 is 2.00 bits per heavy atom. The predicted octanol–water partition coefficient (Wildman–Crippen LogP) is 3.23. The SMILES string of the molecule is Cc1ccc(OC[C@@H](O)CN2C(=O)NC(c3ccccc3)(c3ccccc3)C2=O)cc1. The van der Waals surface area contributed by atoms with E-state index in [-0.39, 0.29) is 13.2 Å². The van der Waals surface area contributed by atoms with E-state index in [1.165, 1.54) is 0 Å². The number of β-amino-alcohol motifs (C(OH)–C–C–N with tert-alkyl or cyclic N) is 1.